The van der Waals surface area contributed by atoms with Gasteiger partial charge in [-0.25, -0.2) is 4.98 Å². The minimum atomic E-state index is -0.0864. The van der Waals surface area contributed by atoms with Crippen molar-refractivity contribution in [2.75, 3.05) is 26.4 Å². The van der Waals surface area contributed by atoms with Crippen LogP contribution in [0.1, 0.15) is 11.1 Å². The standard InChI is InChI=1S/C17H21N5OS/c1-11-5-6-13(9-12(11)2)22-16(23)14-10-18-20-15(14)19-17(22)24-8-7-21(3)4/h5-6,9-10H,7-8H2,1-4H3,(H,18,20)/p+1. The zero-order valence-electron chi connectivity index (χ0n) is 14.4. The summed E-state index contributed by atoms with van der Waals surface area (Å²) in [5, 5.41) is 7.98. The molecule has 0 fully saturated rings. The number of rotatable bonds is 5. The van der Waals surface area contributed by atoms with Crippen molar-refractivity contribution < 1.29 is 4.90 Å². The van der Waals surface area contributed by atoms with E-state index in [1.165, 1.54) is 10.5 Å². The van der Waals surface area contributed by atoms with Gasteiger partial charge in [-0.05, 0) is 37.1 Å². The largest absolute Gasteiger partial charge is 0.339 e. The minimum Gasteiger partial charge on any atom is -0.339 e. The summed E-state index contributed by atoms with van der Waals surface area (Å²) in [7, 11) is 4.23. The summed E-state index contributed by atoms with van der Waals surface area (Å²) in [4.78, 5) is 18.9. The average Bonchev–Trinajstić information content (AvgIpc) is 2.99. The molecule has 0 amide bonds. The number of quaternary nitrogens is 1. The Morgan fingerprint density at radius 3 is 2.75 bits per heavy atom. The monoisotopic (exact) mass is 344 g/mol. The second-order valence-electron chi connectivity index (χ2n) is 6.24. The van der Waals surface area contributed by atoms with Crippen molar-refractivity contribution >= 4 is 22.8 Å². The Morgan fingerprint density at radius 2 is 2.04 bits per heavy atom. The maximum Gasteiger partial charge on any atom is 0.269 e. The van der Waals surface area contributed by atoms with Crippen LogP contribution >= 0.6 is 11.8 Å². The van der Waals surface area contributed by atoms with Crippen LogP contribution in [-0.4, -0.2) is 46.1 Å². The predicted molar refractivity (Wildman–Crippen MR) is 97.4 cm³/mol. The molecule has 0 saturated carbocycles. The molecule has 1 aromatic carbocycles. The summed E-state index contributed by atoms with van der Waals surface area (Å²) in [5.41, 5.74) is 3.66. The van der Waals surface area contributed by atoms with Crippen LogP contribution in [0.3, 0.4) is 0 Å². The van der Waals surface area contributed by atoms with Crippen LogP contribution in [0, 0.1) is 13.8 Å². The van der Waals surface area contributed by atoms with Crippen molar-refractivity contribution in [3.8, 4) is 5.69 Å². The molecular weight excluding hydrogens is 322 g/mol. The molecule has 0 saturated heterocycles. The lowest BCUT2D eigenvalue weighted by molar-refractivity contribution is -0.855. The van der Waals surface area contributed by atoms with Gasteiger partial charge < -0.3 is 4.90 Å². The number of aryl methyl sites for hydroxylation is 2. The Labute approximate surface area is 144 Å². The van der Waals surface area contributed by atoms with Crippen molar-refractivity contribution in [2.45, 2.75) is 19.0 Å². The highest BCUT2D eigenvalue weighted by molar-refractivity contribution is 7.99. The molecule has 3 aromatic rings. The quantitative estimate of drug-likeness (QED) is 0.534. The molecule has 6 nitrogen and oxygen atoms in total. The second-order valence-corrected chi connectivity index (χ2v) is 7.30. The van der Waals surface area contributed by atoms with Gasteiger partial charge in [0.2, 0.25) is 0 Å². The molecule has 2 N–H and O–H groups in total. The summed E-state index contributed by atoms with van der Waals surface area (Å²) in [6.45, 7) is 5.11. The summed E-state index contributed by atoms with van der Waals surface area (Å²) in [6.07, 6.45) is 1.54. The van der Waals surface area contributed by atoms with Gasteiger partial charge in [-0.2, -0.15) is 5.10 Å². The molecule has 0 atom stereocenters. The van der Waals surface area contributed by atoms with Gasteiger partial charge in [-0.15, -0.1) is 0 Å². The number of hydrogen-bond acceptors (Lipinski definition) is 4. The molecule has 0 unspecified atom stereocenters. The fourth-order valence-corrected chi connectivity index (χ4v) is 3.58. The SMILES string of the molecule is Cc1ccc(-n2c(SCC[NH+](C)C)nc3[nH]ncc3c2=O)cc1C. The number of H-pyrrole nitrogens is 1. The summed E-state index contributed by atoms with van der Waals surface area (Å²) in [6, 6.07) is 6.04. The molecule has 2 aromatic heterocycles. The fraction of sp³-hybridized carbons (Fsp3) is 0.353. The van der Waals surface area contributed by atoms with E-state index in [9.17, 15) is 4.79 Å². The van der Waals surface area contributed by atoms with Crippen LogP contribution < -0.4 is 10.5 Å². The molecule has 0 aliphatic rings. The summed E-state index contributed by atoms with van der Waals surface area (Å²) in [5.74, 6) is 0.888. The molecule has 0 aliphatic heterocycles. The number of benzene rings is 1. The van der Waals surface area contributed by atoms with E-state index in [1.807, 2.05) is 18.2 Å². The van der Waals surface area contributed by atoms with Crippen molar-refractivity contribution in [2.24, 2.45) is 0 Å². The maximum atomic E-state index is 12.9. The minimum absolute atomic E-state index is 0.0864. The highest BCUT2D eigenvalue weighted by Crippen LogP contribution is 2.21. The van der Waals surface area contributed by atoms with Crippen molar-refractivity contribution in [1.82, 2.24) is 19.7 Å². The van der Waals surface area contributed by atoms with Crippen LogP contribution in [0.2, 0.25) is 0 Å². The zero-order chi connectivity index (χ0) is 17.3. The summed E-state index contributed by atoms with van der Waals surface area (Å²) < 4.78 is 1.69. The number of nitrogens with one attached hydrogen (secondary N) is 2. The summed E-state index contributed by atoms with van der Waals surface area (Å²) >= 11 is 1.60. The van der Waals surface area contributed by atoms with E-state index in [4.69, 9.17) is 0 Å². The lowest BCUT2D eigenvalue weighted by Gasteiger charge is -2.13. The first-order valence-corrected chi connectivity index (χ1v) is 8.91. The van der Waals surface area contributed by atoms with Gasteiger partial charge in [0, 0.05) is 0 Å². The molecule has 24 heavy (non-hydrogen) atoms. The zero-order valence-corrected chi connectivity index (χ0v) is 15.2. The normalized spacial score (nSPS) is 11.5. The van der Waals surface area contributed by atoms with Gasteiger partial charge in [-0.3, -0.25) is 14.5 Å². The molecule has 2 heterocycles. The molecule has 0 bridgehead atoms. The lowest BCUT2D eigenvalue weighted by atomic mass is 10.1. The third-order valence-electron chi connectivity index (χ3n) is 4.03. The number of thioether (sulfide) groups is 1. The van der Waals surface area contributed by atoms with E-state index in [-0.39, 0.29) is 5.56 Å². The first-order valence-electron chi connectivity index (χ1n) is 7.93. The van der Waals surface area contributed by atoms with Crippen molar-refractivity contribution in [3.63, 3.8) is 0 Å². The van der Waals surface area contributed by atoms with Gasteiger partial charge in [-0.1, -0.05) is 17.8 Å². The predicted octanol–water partition coefficient (Wildman–Crippen LogP) is 0.962. The average molecular weight is 344 g/mol. The van der Waals surface area contributed by atoms with E-state index in [0.717, 1.165) is 23.5 Å². The van der Waals surface area contributed by atoms with E-state index in [0.29, 0.717) is 16.2 Å². The molecule has 0 radical (unpaired) electrons. The number of hydrogen-bond donors (Lipinski definition) is 2. The Bertz CT molecular complexity index is 928. The second kappa shape index (κ2) is 6.78. The number of aromatic amines is 1. The number of nitrogens with zero attached hydrogens (tertiary/aromatic N) is 3. The molecule has 7 heteroatoms. The van der Waals surface area contributed by atoms with E-state index in [1.54, 1.807) is 22.5 Å². The smallest absolute Gasteiger partial charge is 0.269 e. The first kappa shape index (κ1) is 16.7. The van der Waals surface area contributed by atoms with Crippen LogP contribution in [0.5, 0.6) is 0 Å². The molecule has 126 valence electrons. The van der Waals surface area contributed by atoms with E-state index < -0.39 is 0 Å². The Morgan fingerprint density at radius 1 is 1.25 bits per heavy atom. The van der Waals surface area contributed by atoms with Crippen LogP contribution in [0.15, 0.2) is 34.3 Å². The molecule has 3 rings (SSSR count). The molecule has 0 spiro atoms. The van der Waals surface area contributed by atoms with Crippen molar-refractivity contribution in [3.05, 3.63) is 45.9 Å². The van der Waals surface area contributed by atoms with Crippen molar-refractivity contribution in [1.29, 1.82) is 0 Å². The molecular formula is C17H22N5OS+. The van der Waals surface area contributed by atoms with Gasteiger partial charge in [0.15, 0.2) is 10.8 Å². The maximum absolute atomic E-state index is 12.9. The Hall–Kier alpha value is -2.12. The van der Waals surface area contributed by atoms with Gasteiger partial charge in [0.25, 0.3) is 5.56 Å². The van der Waals surface area contributed by atoms with Crippen LogP contribution in [-0.2, 0) is 0 Å². The highest BCUT2D eigenvalue weighted by atomic mass is 32.2. The van der Waals surface area contributed by atoms with E-state index in [2.05, 4.69) is 43.1 Å². The molecule has 0 aliphatic carbocycles. The first-order chi connectivity index (χ1) is 11.5. The number of fused-ring (bicyclic) bond motifs is 1. The fourth-order valence-electron chi connectivity index (χ4n) is 2.41. The third-order valence-corrected chi connectivity index (χ3v) is 4.97. The van der Waals surface area contributed by atoms with E-state index >= 15 is 0 Å². The van der Waals surface area contributed by atoms with Gasteiger partial charge >= 0.3 is 0 Å². The third kappa shape index (κ3) is 3.22. The lowest BCUT2D eigenvalue weighted by Crippen LogP contribution is -3.06. The van der Waals surface area contributed by atoms with Crippen LogP contribution in [0.4, 0.5) is 0 Å². The highest BCUT2D eigenvalue weighted by Gasteiger charge is 2.15. The number of aromatic nitrogens is 4. The topological polar surface area (TPSA) is 68.0 Å². The van der Waals surface area contributed by atoms with Gasteiger partial charge in [0.05, 0.1) is 38.3 Å². The Kier molecular flexibility index (Phi) is 4.73. The Balaban J connectivity index is 2.13. The van der Waals surface area contributed by atoms with Gasteiger partial charge in [0.1, 0.15) is 5.39 Å². The van der Waals surface area contributed by atoms with Crippen LogP contribution in [0.25, 0.3) is 16.7 Å².